The molecule has 0 bridgehead atoms. The van der Waals surface area contributed by atoms with Gasteiger partial charge in [-0.2, -0.15) is 0 Å². The molecule has 0 spiro atoms. The Morgan fingerprint density at radius 2 is 1.94 bits per heavy atom. The second-order valence-electron chi connectivity index (χ2n) is 5.17. The van der Waals surface area contributed by atoms with Crippen molar-refractivity contribution >= 4 is 5.57 Å². The summed E-state index contributed by atoms with van der Waals surface area (Å²) in [5.41, 5.74) is 8.32. The lowest BCUT2D eigenvalue weighted by Gasteiger charge is -2.11. The predicted molar refractivity (Wildman–Crippen MR) is 65.6 cm³/mol. The number of allylic oxidation sites excluding steroid dienone is 2. The number of rotatable bonds is 0. The van der Waals surface area contributed by atoms with Gasteiger partial charge in [-0.3, -0.25) is 0 Å². The number of nitrogens with zero attached hydrogens (tertiary/aromatic N) is 1. The van der Waals surface area contributed by atoms with E-state index in [-0.39, 0.29) is 0 Å². The summed E-state index contributed by atoms with van der Waals surface area (Å²) in [7, 11) is 0. The zero-order valence-electron chi connectivity index (χ0n) is 9.68. The average molecular weight is 214 g/mol. The van der Waals surface area contributed by atoms with Crippen LogP contribution in [0.25, 0.3) is 5.57 Å². The molecule has 0 fully saturated rings. The zero-order valence-corrected chi connectivity index (χ0v) is 9.68. The summed E-state index contributed by atoms with van der Waals surface area (Å²) in [4.78, 5) is 0. The smallest absolute Gasteiger partial charge is 0.0474 e. The van der Waals surface area contributed by atoms with Crippen molar-refractivity contribution in [3.8, 4) is 0 Å². The molecule has 84 valence electrons. The van der Waals surface area contributed by atoms with Gasteiger partial charge in [-0.15, -0.1) is 0 Å². The summed E-state index contributed by atoms with van der Waals surface area (Å²) < 4.78 is 2.63. The van der Waals surface area contributed by atoms with Crippen LogP contribution in [0.4, 0.5) is 0 Å². The van der Waals surface area contributed by atoms with Crippen LogP contribution in [0.5, 0.6) is 0 Å². The van der Waals surface area contributed by atoms with E-state index in [9.17, 15) is 0 Å². The Balaban J connectivity index is 1.97. The Morgan fingerprint density at radius 1 is 1.00 bits per heavy atom. The zero-order chi connectivity index (χ0) is 10.5. The lowest BCUT2D eigenvalue weighted by molar-refractivity contribution is 0.673. The van der Waals surface area contributed by atoms with E-state index in [1.165, 1.54) is 45.2 Å². The van der Waals surface area contributed by atoms with Crippen molar-refractivity contribution in [1.82, 2.24) is 9.88 Å². The molecule has 16 heavy (non-hydrogen) atoms. The fraction of sp³-hybridized carbons (Fsp3) is 0.571. The molecule has 1 aromatic heterocycles. The van der Waals surface area contributed by atoms with Crippen LogP contribution < -0.4 is 5.32 Å². The molecule has 2 nitrogen and oxygen atoms in total. The number of hydrogen-bond acceptors (Lipinski definition) is 1. The molecule has 0 radical (unpaired) electrons. The van der Waals surface area contributed by atoms with Crippen LogP contribution >= 0.6 is 0 Å². The van der Waals surface area contributed by atoms with Gasteiger partial charge in [0.15, 0.2) is 0 Å². The largest absolute Gasteiger partial charge is 0.344 e. The number of nitrogens with one attached hydrogen (secondary N) is 1. The summed E-state index contributed by atoms with van der Waals surface area (Å²) in [5, 5.41) is 3.52. The van der Waals surface area contributed by atoms with E-state index in [1.807, 2.05) is 0 Å². The molecule has 0 unspecified atom stereocenters. The Morgan fingerprint density at radius 3 is 2.94 bits per heavy atom. The highest BCUT2D eigenvalue weighted by Gasteiger charge is 2.30. The maximum Gasteiger partial charge on any atom is 0.0474 e. The van der Waals surface area contributed by atoms with Crippen molar-refractivity contribution in [2.75, 3.05) is 13.1 Å². The fourth-order valence-electron chi connectivity index (χ4n) is 3.73. The molecule has 2 heteroatoms. The van der Waals surface area contributed by atoms with Gasteiger partial charge in [-0.25, -0.2) is 0 Å². The second-order valence-corrected chi connectivity index (χ2v) is 5.17. The van der Waals surface area contributed by atoms with Gasteiger partial charge in [0, 0.05) is 30.9 Å². The van der Waals surface area contributed by atoms with Gasteiger partial charge in [-0.05, 0) is 48.9 Å². The van der Waals surface area contributed by atoms with Gasteiger partial charge >= 0.3 is 0 Å². The maximum absolute atomic E-state index is 3.52. The number of fused-ring (bicyclic) bond motifs is 3. The van der Waals surface area contributed by atoms with Crippen LogP contribution in [0.15, 0.2) is 6.08 Å². The molecule has 3 aliphatic rings. The maximum atomic E-state index is 3.52. The fourth-order valence-corrected chi connectivity index (χ4v) is 3.73. The highest BCUT2D eigenvalue weighted by Crippen LogP contribution is 2.40. The second kappa shape index (κ2) is 3.24. The molecule has 2 aliphatic heterocycles. The first-order chi connectivity index (χ1) is 7.95. The minimum absolute atomic E-state index is 1.16. The molecule has 0 atom stereocenters. The van der Waals surface area contributed by atoms with Crippen LogP contribution in [-0.2, 0) is 25.8 Å². The summed E-state index contributed by atoms with van der Waals surface area (Å²) in [6.07, 6.45) is 8.79. The van der Waals surface area contributed by atoms with Crippen LogP contribution in [0.2, 0.25) is 0 Å². The molecule has 1 aliphatic carbocycles. The van der Waals surface area contributed by atoms with Gasteiger partial charge in [0.25, 0.3) is 0 Å². The lowest BCUT2D eigenvalue weighted by atomic mass is 9.92. The Kier molecular flexibility index (Phi) is 1.83. The van der Waals surface area contributed by atoms with E-state index in [0.717, 1.165) is 6.54 Å². The van der Waals surface area contributed by atoms with Crippen LogP contribution in [0, 0.1) is 0 Å². The number of aromatic nitrogens is 1. The topological polar surface area (TPSA) is 17.0 Å². The summed E-state index contributed by atoms with van der Waals surface area (Å²) in [5.74, 6) is 0. The van der Waals surface area contributed by atoms with E-state index in [4.69, 9.17) is 0 Å². The highest BCUT2D eigenvalue weighted by atomic mass is 15.0. The van der Waals surface area contributed by atoms with Gasteiger partial charge < -0.3 is 9.88 Å². The summed E-state index contributed by atoms with van der Waals surface area (Å²) in [6.45, 7) is 3.57. The Hall–Kier alpha value is -1.02. The first-order valence-corrected chi connectivity index (χ1v) is 6.58. The summed E-state index contributed by atoms with van der Waals surface area (Å²) >= 11 is 0. The van der Waals surface area contributed by atoms with Gasteiger partial charge in [0.2, 0.25) is 0 Å². The van der Waals surface area contributed by atoms with Crippen molar-refractivity contribution in [2.45, 2.75) is 38.6 Å². The third-order valence-electron chi connectivity index (χ3n) is 4.38. The normalized spacial score (nSPS) is 22.4. The molecule has 3 heterocycles. The number of hydrogen-bond donors (Lipinski definition) is 1. The minimum atomic E-state index is 1.16. The highest BCUT2D eigenvalue weighted by molar-refractivity contribution is 5.72. The van der Waals surface area contributed by atoms with E-state index in [2.05, 4.69) is 16.0 Å². The van der Waals surface area contributed by atoms with E-state index in [0.29, 0.717) is 0 Å². The Labute approximate surface area is 96.3 Å². The van der Waals surface area contributed by atoms with Crippen molar-refractivity contribution < 1.29 is 0 Å². The molecule has 4 rings (SSSR count). The van der Waals surface area contributed by atoms with Gasteiger partial charge in [0.1, 0.15) is 0 Å². The van der Waals surface area contributed by atoms with Crippen LogP contribution in [0.1, 0.15) is 35.4 Å². The average Bonchev–Trinajstić information content (AvgIpc) is 2.76. The molecule has 1 aromatic rings. The summed E-state index contributed by atoms with van der Waals surface area (Å²) in [6, 6.07) is 0. The van der Waals surface area contributed by atoms with Crippen LogP contribution in [-0.4, -0.2) is 17.7 Å². The molecule has 0 saturated heterocycles. The van der Waals surface area contributed by atoms with Crippen molar-refractivity contribution in [3.05, 3.63) is 28.6 Å². The first kappa shape index (κ1) is 9.06. The Bertz CT molecular complexity index is 472. The minimum Gasteiger partial charge on any atom is -0.344 e. The SMILES string of the molecule is C1=C2CCn3c4c(c(c32)CC1)CCNCC4. The molecule has 0 aromatic carbocycles. The van der Waals surface area contributed by atoms with Gasteiger partial charge in [-0.1, -0.05) is 6.08 Å². The molecule has 0 amide bonds. The van der Waals surface area contributed by atoms with E-state index >= 15 is 0 Å². The molecular formula is C14H18N2. The third-order valence-corrected chi connectivity index (χ3v) is 4.38. The molecule has 0 saturated carbocycles. The van der Waals surface area contributed by atoms with Gasteiger partial charge in [0.05, 0.1) is 0 Å². The van der Waals surface area contributed by atoms with Crippen molar-refractivity contribution in [2.24, 2.45) is 0 Å². The van der Waals surface area contributed by atoms with E-state index in [1.54, 1.807) is 28.1 Å². The monoisotopic (exact) mass is 214 g/mol. The predicted octanol–water partition coefficient (Wildman–Crippen LogP) is 1.91. The molecular weight excluding hydrogens is 196 g/mol. The quantitative estimate of drug-likeness (QED) is 0.698. The van der Waals surface area contributed by atoms with Crippen molar-refractivity contribution in [3.63, 3.8) is 0 Å². The van der Waals surface area contributed by atoms with Crippen LogP contribution in [0.3, 0.4) is 0 Å². The standard InChI is InChI=1S/C14H18N2/c1-2-10-6-9-16-13-5-8-15-7-4-11(13)12(3-1)14(10)16/h2,15H,1,3-9H2. The van der Waals surface area contributed by atoms with E-state index < -0.39 is 0 Å². The lowest BCUT2D eigenvalue weighted by Crippen LogP contribution is -2.17. The van der Waals surface area contributed by atoms with Crippen molar-refractivity contribution in [1.29, 1.82) is 0 Å². The third kappa shape index (κ3) is 1.06. The first-order valence-electron chi connectivity index (χ1n) is 6.58. The molecule has 1 N–H and O–H groups in total.